The van der Waals surface area contributed by atoms with E-state index in [1.54, 1.807) is 36.4 Å². The van der Waals surface area contributed by atoms with Crippen LogP contribution in [-0.2, 0) is 24.6 Å². The first-order valence-electron chi connectivity index (χ1n) is 17.6. The number of rotatable bonds is 7. The molecule has 3 fully saturated rings. The largest absolute Gasteiger partial charge is 0.504 e. The molecule has 4 aromatic carbocycles. The second-order valence-corrected chi connectivity index (χ2v) is 14.6. The highest BCUT2D eigenvalue weighted by molar-refractivity contribution is 6.32. The van der Waals surface area contributed by atoms with Crippen molar-refractivity contribution in [2.45, 2.75) is 44.9 Å². The van der Waals surface area contributed by atoms with Gasteiger partial charge in [0.15, 0.2) is 11.5 Å². The normalized spacial score (nSPS) is 26.5. The van der Waals surface area contributed by atoms with Crippen LogP contribution in [0.4, 0.5) is 11.4 Å². The fraction of sp³-hybridized carbons (Fsp3) is 0.286. The van der Waals surface area contributed by atoms with E-state index in [1.807, 2.05) is 81.4 Å². The van der Waals surface area contributed by atoms with Gasteiger partial charge in [-0.3, -0.25) is 24.6 Å². The summed E-state index contributed by atoms with van der Waals surface area (Å²) in [5, 5.41) is 13.5. The summed E-state index contributed by atoms with van der Waals surface area (Å²) in [5.74, 6) is -5.36. The molecule has 9 nitrogen and oxygen atoms in total. The van der Waals surface area contributed by atoms with Gasteiger partial charge in [0.1, 0.15) is 0 Å². The van der Waals surface area contributed by atoms with Crippen molar-refractivity contribution >= 4 is 46.6 Å². The summed E-state index contributed by atoms with van der Waals surface area (Å²) in [6, 6.07) is 26.9. The molecule has 1 saturated carbocycles. The maximum atomic E-state index is 15.3. The van der Waals surface area contributed by atoms with Gasteiger partial charge in [-0.2, -0.15) is 5.01 Å². The molecular weight excluding hydrogens is 678 g/mol. The van der Waals surface area contributed by atoms with E-state index in [9.17, 15) is 19.5 Å². The van der Waals surface area contributed by atoms with Crippen molar-refractivity contribution in [2.75, 3.05) is 16.9 Å². The molecule has 4 aliphatic rings. The van der Waals surface area contributed by atoms with Gasteiger partial charge in [-0.05, 0) is 81.0 Å². The molecule has 0 radical (unpaired) electrons. The number of hydrogen-bond acceptors (Lipinski definition) is 7. The number of halogens is 1. The molecule has 0 aromatic heterocycles. The molecule has 264 valence electrons. The number of para-hydroxylation sites is 1. The Hall–Kier alpha value is -5.41. The van der Waals surface area contributed by atoms with E-state index in [0.29, 0.717) is 34.1 Å². The number of ether oxygens (including phenoxy) is 1. The predicted molar refractivity (Wildman–Crippen MR) is 197 cm³/mol. The average Bonchev–Trinajstić information content (AvgIpc) is 3.52. The molecule has 10 heteroatoms. The number of carbonyl (C=O) groups excluding carboxylic acids is 4. The lowest BCUT2D eigenvalue weighted by atomic mass is 9.49. The van der Waals surface area contributed by atoms with Crippen molar-refractivity contribution in [3.8, 4) is 11.5 Å². The standard InChI is InChI=1S/C42H38ClN3O6/c1-4-52-34-12-8-11-30(37(34)47)36-28-19-20-29-35(40(50)45(38(29)48)27-18-15-24(3)33(43)21-27)31(28)22-32-39(49)46(44-26-16-13-23(2)14-17-26)41(51)42(32,36)25-9-6-5-7-10-25/h5-19,21,29,31-32,35-36,44,47H,4,20,22H2,1-3H3. The number of hydrazine groups is 1. The number of aryl methyl sites for hydroxylation is 2. The van der Waals surface area contributed by atoms with Crippen LogP contribution in [0.25, 0.3) is 0 Å². The van der Waals surface area contributed by atoms with E-state index in [1.165, 1.54) is 4.90 Å². The molecule has 2 saturated heterocycles. The lowest BCUT2D eigenvalue weighted by Gasteiger charge is -2.50. The highest BCUT2D eigenvalue weighted by atomic mass is 35.5. The van der Waals surface area contributed by atoms with Crippen LogP contribution < -0.4 is 15.1 Å². The number of amides is 4. The number of nitrogens with one attached hydrogen (secondary N) is 1. The monoisotopic (exact) mass is 715 g/mol. The van der Waals surface area contributed by atoms with Gasteiger partial charge in [-0.15, -0.1) is 0 Å². The number of anilines is 2. The van der Waals surface area contributed by atoms with Gasteiger partial charge in [0.2, 0.25) is 11.8 Å². The van der Waals surface area contributed by atoms with Crippen LogP contribution >= 0.6 is 11.6 Å². The summed E-state index contributed by atoms with van der Waals surface area (Å²) >= 11 is 6.46. The summed E-state index contributed by atoms with van der Waals surface area (Å²) in [6.07, 6.45) is 2.36. The number of nitrogens with zero attached hydrogens (tertiary/aromatic N) is 2. The van der Waals surface area contributed by atoms with Gasteiger partial charge in [0.05, 0.1) is 41.2 Å². The van der Waals surface area contributed by atoms with Crippen LogP contribution in [0, 0.1) is 37.5 Å². The minimum atomic E-state index is -1.51. The summed E-state index contributed by atoms with van der Waals surface area (Å²) < 4.78 is 5.83. The van der Waals surface area contributed by atoms with Gasteiger partial charge in [0.25, 0.3) is 11.8 Å². The molecule has 6 unspecified atom stereocenters. The van der Waals surface area contributed by atoms with Crippen molar-refractivity contribution in [1.82, 2.24) is 5.01 Å². The fourth-order valence-electron chi connectivity index (χ4n) is 9.11. The number of carbonyl (C=O) groups is 4. The van der Waals surface area contributed by atoms with Crippen LogP contribution in [0.2, 0.25) is 5.02 Å². The number of fused-ring (bicyclic) bond motifs is 4. The Kier molecular flexibility index (Phi) is 8.21. The summed E-state index contributed by atoms with van der Waals surface area (Å²) in [5.41, 5.74) is 6.16. The van der Waals surface area contributed by atoms with Crippen LogP contribution in [0.5, 0.6) is 11.5 Å². The Bertz CT molecular complexity index is 2170. The lowest BCUT2D eigenvalue weighted by molar-refractivity contribution is -0.138. The third-order valence-corrected chi connectivity index (χ3v) is 11.9. The second-order valence-electron chi connectivity index (χ2n) is 14.2. The number of benzene rings is 4. The Labute approximate surface area is 306 Å². The van der Waals surface area contributed by atoms with Crippen molar-refractivity contribution in [3.05, 3.63) is 130 Å². The molecule has 2 aliphatic carbocycles. The second kappa shape index (κ2) is 12.7. The first-order chi connectivity index (χ1) is 25.1. The molecule has 6 atom stereocenters. The van der Waals surface area contributed by atoms with Crippen molar-refractivity contribution in [3.63, 3.8) is 0 Å². The number of allylic oxidation sites excluding steroid dienone is 2. The van der Waals surface area contributed by atoms with E-state index in [2.05, 4.69) is 5.43 Å². The number of aromatic hydroxyl groups is 1. The van der Waals surface area contributed by atoms with E-state index in [4.69, 9.17) is 16.3 Å². The van der Waals surface area contributed by atoms with Crippen molar-refractivity contribution < 1.29 is 29.0 Å². The zero-order chi connectivity index (χ0) is 36.5. The first-order valence-corrected chi connectivity index (χ1v) is 18.0. The highest BCUT2D eigenvalue weighted by Crippen LogP contribution is 2.65. The number of phenolic OH excluding ortho intramolecular Hbond substituents is 1. The minimum absolute atomic E-state index is 0.137. The van der Waals surface area contributed by atoms with Crippen LogP contribution in [0.3, 0.4) is 0 Å². The third kappa shape index (κ3) is 4.89. The van der Waals surface area contributed by atoms with E-state index >= 15 is 4.79 Å². The molecule has 8 rings (SSSR count). The van der Waals surface area contributed by atoms with Gasteiger partial charge in [-0.25, -0.2) is 4.90 Å². The van der Waals surface area contributed by atoms with Gasteiger partial charge >= 0.3 is 0 Å². The Morgan fingerprint density at radius 1 is 0.885 bits per heavy atom. The Balaban J connectivity index is 1.33. The Morgan fingerprint density at radius 2 is 1.63 bits per heavy atom. The average molecular weight is 716 g/mol. The maximum Gasteiger partial charge on any atom is 0.260 e. The summed E-state index contributed by atoms with van der Waals surface area (Å²) in [6.45, 7) is 5.92. The number of phenols is 1. The van der Waals surface area contributed by atoms with E-state index < -0.39 is 46.8 Å². The molecule has 0 spiro atoms. The fourth-order valence-corrected chi connectivity index (χ4v) is 9.29. The first kappa shape index (κ1) is 33.7. The van der Waals surface area contributed by atoms with Gasteiger partial charge in [0, 0.05) is 16.5 Å². The zero-order valence-corrected chi connectivity index (χ0v) is 29.8. The van der Waals surface area contributed by atoms with Crippen molar-refractivity contribution in [1.29, 1.82) is 0 Å². The minimum Gasteiger partial charge on any atom is -0.504 e. The quantitative estimate of drug-likeness (QED) is 0.153. The van der Waals surface area contributed by atoms with Gasteiger partial charge < -0.3 is 9.84 Å². The summed E-state index contributed by atoms with van der Waals surface area (Å²) in [7, 11) is 0. The maximum absolute atomic E-state index is 15.3. The molecule has 4 aromatic rings. The SMILES string of the molecule is CCOc1cccc(C2C3=CCC4C(=O)N(c5ccc(C)c(Cl)c5)C(=O)C4C3CC3C(=O)N(Nc4ccc(C)cc4)C(=O)C32c2ccccc2)c1O. The predicted octanol–water partition coefficient (Wildman–Crippen LogP) is 7.25. The molecule has 2 heterocycles. The molecule has 52 heavy (non-hydrogen) atoms. The molecule has 2 N–H and O–H groups in total. The topological polar surface area (TPSA) is 116 Å². The molecule has 0 bridgehead atoms. The van der Waals surface area contributed by atoms with E-state index in [0.717, 1.165) is 21.7 Å². The third-order valence-electron chi connectivity index (χ3n) is 11.4. The van der Waals surface area contributed by atoms with Crippen LogP contribution in [-0.4, -0.2) is 40.4 Å². The molecular formula is C42H38ClN3O6. The molecule has 4 amide bonds. The summed E-state index contributed by atoms with van der Waals surface area (Å²) in [4.78, 5) is 60.1. The smallest absolute Gasteiger partial charge is 0.260 e. The van der Waals surface area contributed by atoms with Crippen LogP contribution in [0.15, 0.2) is 103 Å². The van der Waals surface area contributed by atoms with Crippen molar-refractivity contribution in [2.24, 2.45) is 23.7 Å². The highest BCUT2D eigenvalue weighted by Gasteiger charge is 2.70. The number of imide groups is 2. The van der Waals surface area contributed by atoms with E-state index in [-0.39, 0.29) is 36.2 Å². The molecule has 2 aliphatic heterocycles. The van der Waals surface area contributed by atoms with Crippen LogP contribution in [0.1, 0.15) is 47.9 Å². The lowest BCUT2D eigenvalue weighted by Crippen LogP contribution is -2.53. The number of hydrogen-bond donors (Lipinski definition) is 2. The zero-order valence-electron chi connectivity index (χ0n) is 29.0. The van der Waals surface area contributed by atoms with Gasteiger partial charge in [-0.1, -0.05) is 89.5 Å². The Morgan fingerprint density at radius 3 is 2.35 bits per heavy atom.